The van der Waals surface area contributed by atoms with Gasteiger partial charge in [-0.3, -0.25) is 14.2 Å². The normalized spacial score (nSPS) is 21.1. The zero-order chi connectivity index (χ0) is 24.1. The van der Waals surface area contributed by atoms with Crippen LogP contribution in [0.15, 0.2) is 54.1 Å². The summed E-state index contributed by atoms with van der Waals surface area (Å²) in [5.74, 6) is 2.94. The molecule has 180 valence electrons. The van der Waals surface area contributed by atoms with Gasteiger partial charge < -0.3 is 9.88 Å². The highest BCUT2D eigenvalue weighted by Crippen LogP contribution is 2.34. The number of likely N-dealkylation sites (tertiary alicyclic amines) is 1. The number of amides is 1. The molecule has 3 aromatic rings. The van der Waals surface area contributed by atoms with E-state index in [4.69, 9.17) is 4.98 Å². The van der Waals surface area contributed by atoms with E-state index in [0.29, 0.717) is 18.2 Å². The summed E-state index contributed by atoms with van der Waals surface area (Å²) < 4.78 is 2.21. The maximum atomic E-state index is 12.8. The lowest BCUT2D eigenvalue weighted by Gasteiger charge is -2.37. The van der Waals surface area contributed by atoms with Gasteiger partial charge >= 0.3 is 0 Å². The standard InChI is InChI=1S/C21H27N5O.C6H9N/c1-14-8-10-25(19(27)6-5-15-3-2-4-15)13-17(14)21-24-12-16-11-23-20-18(26(16)21)7-9-22-20;1-4-6(2)5-7-3/h7,9,11-12,14-15,17,22H,2-6,8,10,13H2,1H3;4-5H,1,3H2,2H3/b;6-5+. The maximum absolute atomic E-state index is 12.8. The molecule has 5 rings (SSSR count). The van der Waals surface area contributed by atoms with E-state index in [9.17, 15) is 4.79 Å². The van der Waals surface area contributed by atoms with Gasteiger partial charge in [0.2, 0.25) is 5.91 Å². The lowest BCUT2D eigenvalue weighted by molar-refractivity contribution is -0.133. The lowest BCUT2D eigenvalue weighted by Crippen LogP contribution is -2.42. The number of carbonyl (C=O) groups excluding carboxylic acids is 1. The number of nitrogens with one attached hydrogen (secondary N) is 1. The van der Waals surface area contributed by atoms with Crippen LogP contribution in [-0.4, -0.2) is 50.0 Å². The van der Waals surface area contributed by atoms with Crippen LogP contribution < -0.4 is 0 Å². The van der Waals surface area contributed by atoms with Crippen LogP contribution in [0.1, 0.15) is 64.1 Å². The number of nitrogens with zero attached hydrogens (tertiary/aromatic N) is 5. The molecular weight excluding hydrogens is 424 g/mol. The molecular formula is C27H36N6O. The third kappa shape index (κ3) is 5.13. The van der Waals surface area contributed by atoms with Crippen LogP contribution in [-0.2, 0) is 4.79 Å². The van der Waals surface area contributed by atoms with Gasteiger partial charge in [0, 0.05) is 37.8 Å². The molecule has 0 spiro atoms. The topological polar surface area (TPSA) is 78.7 Å². The molecule has 2 aliphatic rings. The SMILES string of the molecule is C=C/C(C)=C/N=C.CC1CCN(C(=O)CCC2CCC2)CC1c1ncc2cnc3[nH]ccc3n12. The molecule has 3 aromatic heterocycles. The number of piperidine rings is 1. The van der Waals surface area contributed by atoms with Crippen LogP contribution in [0, 0.1) is 11.8 Å². The summed E-state index contributed by atoms with van der Waals surface area (Å²) in [5, 5.41) is 0. The molecule has 0 bridgehead atoms. The molecule has 1 aliphatic carbocycles. The zero-order valence-electron chi connectivity index (χ0n) is 20.4. The second-order valence-electron chi connectivity index (χ2n) is 9.65. The molecule has 7 heteroatoms. The Hall–Kier alpha value is -3.22. The van der Waals surface area contributed by atoms with Crippen molar-refractivity contribution in [1.29, 1.82) is 0 Å². The number of carbonyl (C=O) groups is 1. The second kappa shape index (κ2) is 10.8. The van der Waals surface area contributed by atoms with Crippen LogP contribution in [0.2, 0.25) is 0 Å². The Balaban J connectivity index is 0.000000344. The van der Waals surface area contributed by atoms with Crippen molar-refractivity contribution in [3.63, 3.8) is 0 Å². The van der Waals surface area contributed by atoms with Crippen molar-refractivity contribution in [2.45, 2.75) is 58.3 Å². The molecule has 0 radical (unpaired) electrons. The monoisotopic (exact) mass is 460 g/mol. The molecule has 0 aromatic carbocycles. The van der Waals surface area contributed by atoms with Crippen molar-refractivity contribution in [3.8, 4) is 0 Å². The first kappa shape index (κ1) is 23.9. The fraction of sp³-hybridized carbons (Fsp3) is 0.481. The maximum Gasteiger partial charge on any atom is 0.222 e. The minimum Gasteiger partial charge on any atom is -0.345 e. The minimum absolute atomic E-state index is 0.259. The molecule has 1 saturated heterocycles. The number of aliphatic imine (C=N–C) groups is 1. The Morgan fingerprint density at radius 3 is 2.76 bits per heavy atom. The fourth-order valence-corrected chi connectivity index (χ4v) is 4.86. The Morgan fingerprint density at radius 1 is 1.29 bits per heavy atom. The average Bonchev–Trinajstić information content (AvgIpc) is 3.45. The molecule has 7 nitrogen and oxygen atoms in total. The van der Waals surface area contributed by atoms with Crippen molar-refractivity contribution in [1.82, 2.24) is 24.3 Å². The number of allylic oxidation sites excluding steroid dienone is 2. The third-order valence-electron chi connectivity index (χ3n) is 7.34. The van der Waals surface area contributed by atoms with Gasteiger partial charge in [0.05, 0.1) is 23.4 Å². The van der Waals surface area contributed by atoms with Crippen LogP contribution in [0.3, 0.4) is 0 Å². The van der Waals surface area contributed by atoms with Crippen LogP contribution in [0.5, 0.6) is 0 Å². The smallest absolute Gasteiger partial charge is 0.222 e. The van der Waals surface area contributed by atoms with Crippen molar-refractivity contribution in [2.75, 3.05) is 13.1 Å². The molecule has 2 unspecified atom stereocenters. The highest BCUT2D eigenvalue weighted by atomic mass is 16.2. The number of aromatic nitrogens is 4. The zero-order valence-corrected chi connectivity index (χ0v) is 20.4. The van der Waals surface area contributed by atoms with Gasteiger partial charge in [0.25, 0.3) is 0 Å². The quantitative estimate of drug-likeness (QED) is 0.389. The van der Waals surface area contributed by atoms with Gasteiger partial charge in [-0.05, 0) is 50.0 Å². The Kier molecular flexibility index (Phi) is 7.60. The average molecular weight is 461 g/mol. The molecule has 2 atom stereocenters. The number of H-pyrrole nitrogens is 1. The molecule has 34 heavy (non-hydrogen) atoms. The van der Waals surface area contributed by atoms with Gasteiger partial charge in [-0.25, -0.2) is 9.97 Å². The Morgan fingerprint density at radius 2 is 2.09 bits per heavy atom. The van der Waals surface area contributed by atoms with E-state index < -0.39 is 0 Å². The highest BCUT2D eigenvalue weighted by Gasteiger charge is 2.33. The Bertz CT molecular complexity index is 1180. The molecule has 1 N–H and O–H groups in total. The summed E-state index contributed by atoms with van der Waals surface area (Å²) >= 11 is 0. The highest BCUT2D eigenvalue weighted by molar-refractivity contribution is 5.77. The van der Waals surface area contributed by atoms with E-state index in [1.165, 1.54) is 19.3 Å². The minimum atomic E-state index is 0.259. The Labute approximate surface area is 201 Å². The molecule has 4 heterocycles. The first-order chi connectivity index (χ1) is 16.5. The molecule has 1 amide bonds. The lowest BCUT2D eigenvalue weighted by atomic mass is 9.81. The first-order valence-corrected chi connectivity index (χ1v) is 12.3. The second-order valence-corrected chi connectivity index (χ2v) is 9.65. The number of rotatable bonds is 6. The van der Waals surface area contributed by atoms with Crippen molar-refractivity contribution >= 4 is 29.3 Å². The van der Waals surface area contributed by atoms with E-state index in [2.05, 4.69) is 50.5 Å². The predicted molar refractivity (Wildman–Crippen MR) is 138 cm³/mol. The van der Waals surface area contributed by atoms with Crippen LogP contribution in [0.25, 0.3) is 16.7 Å². The van der Waals surface area contributed by atoms with E-state index in [0.717, 1.165) is 59.9 Å². The van der Waals surface area contributed by atoms with E-state index >= 15 is 0 Å². The summed E-state index contributed by atoms with van der Waals surface area (Å²) in [7, 11) is 0. The number of fused-ring (bicyclic) bond motifs is 3. The van der Waals surface area contributed by atoms with E-state index in [-0.39, 0.29) is 5.92 Å². The van der Waals surface area contributed by atoms with Gasteiger partial charge in [-0.2, -0.15) is 0 Å². The summed E-state index contributed by atoms with van der Waals surface area (Å²) in [6.45, 7) is 12.7. The van der Waals surface area contributed by atoms with Crippen molar-refractivity contribution < 1.29 is 4.79 Å². The molecule has 2 fully saturated rings. The fourth-order valence-electron chi connectivity index (χ4n) is 4.86. The van der Waals surface area contributed by atoms with E-state index in [1.807, 2.05) is 25.5 Å². The first-order valence-electron chi connectivity index (χ1n) is 12.3. The number of hydrogen-bond donors (Lipinski definition) is 1. The number of aromatic amines is 1. The van der Waals surface area contributed by atoms with Gasteiger partial charge in [-0.1, -0.05) is 38.8 Å². The summed E-state index contributed by atoms with van der Waals surface area (Å²) in [5.41, 5.74) is 3.98. The van der Waals surface area contributed by atoms with Gasteiger partial charge in [0.1, 0.15) is 5.82 Å². The van der Waals surface area contributed by atoms with Gasteiger partial charge in [0.15, 0.2) is 5.65 Å². The van der Waals surface area contributed by atoms with Crippen molar-refractivity contribution in [3.05, 3.63) is 54.9 Å². The predicted octanol–water partition coefficient (Wildman–Crippen LogP) is 5.52. The molecule has 1 aliphatic heterocycles. The third-order valence-corrected chi connectivity index (χ3v) is 7.34. The summed E-state index contributed by atoms with van der Waals surface area (Å²) in [6.07, 6.45) is 15.9. The number of hydrogen-bond acceptors (Lipinski definition) is 4. The number of imidazole rings is 1. The van der Waals surface area contributed by atoms with Crippen LogP contribution in [0.4, 0.5) is 0 Å². The largest absolute Gasteiger partial charge is 0.345 e. The van der Waals surface area contributed by atoms with Crippen LogP contribution >= 0.6 is 0 Å². The molecule has 1 saturated carbocycles. The van der Waals surface area contributed by atoms with Gasteiger partial charge in [-0.15, -0.1) is 0 Å². The summed E-state index contributed by atoms with van der Waals surface area (Å²) in [4.78, 5) is 30.8. The summed E-state index contributed by atoms with van der Waals surface area (Å²) in [6, 6.07) is 2.05. The van der Waals surface area contributed by atoms with Crippen molar-refractivity contribution in [2.24, 2.45) is 16.8 Å². The van der Waals surface area contributed by atoms with E-state index in [1.54, 1.807) is 12.3 Å².